The molecule has 0 aliphatic carbocycles. The smallest absolute Gasteiger partial charge is 0.306 e. The van der Waals surface area contributed by atoms with Crippen LogP contribution in [-0.4, -0.2) is 39.7 Å². The van der Waals surface area contributed by atoms with Crippen molar-refractivity contribution in [3.8, 4) is 5.75 Å². The topological polar surface area (TPSA) is 67.9 Å². The lowest BCUT2D eigenvalue weighted by Gasteiger charge is -2.13. The van der Waals surface area contributed by atoms with Crippen LogP contribution in [0.15, 0.2) is 48.5 Å². The van der Waals surface area contributed by atoms with Crippen LogP contribution < -0.4 is 15.0 Å². The standard InChI is InChI=1S/C20H24N2O4/c1-22(2)17-11-9-16(10-12-17)21-19(23)14-26-20(24)13-8-15-6-4-5-7-18(15)25-3/h4-7,9-12H,8,13-14H2,1-3H3,(H,21,23). The first-order valence-corrected chi connectivity index (χ1v) is 8.34. The quantitative estimate of drug-likeness (QED) is 0.737. The average molecular weight is 356 g/mol. The summed E-state index contributed by atoms with van der Waals surface area (Å²) < 4.78 is 10.3. The SMILES string of the molecule is COc1ccccc1CCC(=O)OCC(=O)Nc1ccc(N(C)C)cc1. The van der Waals surface area contributed by atoms with Gasteiger partial charge in [-0.15, -0.1) is 0 Å². The van der Waals surface area contributed by atoms with Crippen molar-refractivity contribution in [1.82, 2.24) is 0 Å². The monoisotopic (exact) mass is 356 g/mol. The van der Waals surface area contributed by atoms with E-state index in [1.165, 1.54) is 0 Å². The number of esters is 1. The molecule has 26 heavy (non-hydrogen) atoms. The molecule has 1 amide bonds. The third kappa shape index (κ3) is 5.81. The Balaban J connectivity index is 1.75. The third-order valence-electron chi connectivity index (χ3n) is 3.82. The molecule has 0 fully saturated rings. The fourth-order valence-corrected chi connectivity index (χ4v) is 2.40. The Bertz CT molecular complexity index is 742. The van der Waals surface area contributed by atoms with E-state index in [1.807, 2.05) is 55.4 Å². The molecule has 138 valence electrons. The molecule has 6 nitrogen and oxygen atoms in total. The predicted molar refractivity (Wildman–Crippen MR) is 102 cm³/mol. The Kier molecular flexibility index (Phi) is 7.02. The van der Waals surface area contributed by atoms with Crippen LogP contribution in [0.3, 0.4) is 0 Å². The molecule has 0 heterocycles. The summed E-state index contributed by atoms with van der Waals surface area (Å²) in [6.45, 7) is -0.305. The van der Waals surface area contributed by atoms with Crippen LogP contribution in [0.2, 0.25) is 0 Å². The number of nitrogens with zero attached hydrogens (tertiary/aromatic N) is 1. The van der Waals surface area contributed by atoms with Gasteiger partial charge < -0.3 is 19.7 Å². The van der Waals surface area contributed by atoms with Gasteiger partial charge in [0.15, 0.2) is 6.61 Å². The van der Waals surface area contributed by atoms with Crippen LogP contribution in [0.1, 0.15) is 12.0 Å². The van der Waals surface area contributed by atoms with Gasteiger partial charge in [-0.2, -0.15) is 0 Å². The lowest BCUT2D eigenvalue weighted by Crippen LogP contribution is -2.21. The summed E-state index contributed by atoms with van der Waals surface area (Å²) in [4.78, 5) is 25.7. The molecule has 2 aromatic rings. The number of ether oxygens (including phenoxy) is 2. The lowest BCUT2D eigenvalue weighted by molar-refractivity contribution is -0.147. The Morgan fingerprint density at radius 3 is 2.38 bits per heavy atom. The summed E-state index contributed by atoms with van der Waals surface area (Å²) in [7, 11) is 5.47. The van der Waals surface area contributed by atoms with Crippen molar-refractivity contribution < 1.29 is 19.1 Å². The van der Waals surface area contributed by atoms with Crippen molar-refractivity contribution in [2.24, 2.45) is 0 Å². The Hall–Kier alpha value is -3.02. The van der Waals surface area contributed by atoms with Gasteiger partial charge in [-0.1, -0.05) is 18.2 Å². The second-order valence-electron chi connectivity index (χ2n) is 5.96. The first-order chi connectivity index (χ1) is 12.5. The molecular weight excluding hydrogens is 332 g/mol. The normalized spacial score (nSPS) is 10.1. The number of rotatable bonds is 8. The van der Waals surface area contributed by atoms with E-state index in [1.54, 1.807) is 19.2 Å². The second-order valence-corrected chi connectivity index (χ2v) is 5.96. The number of benzene rings is 2. The molecule has 0 bridgehead atoms. The van der Waals surface area contributed by atoms with Gasteiger partial charge in [0.05, 0.1) is 7.11 Å². The van der Waals surface area contributed by atoms with Crippen molar-refractivity contribution >= 4 is 23.3 Å². The maximum atomic E-state index is 11.9. The fraction of sp³-hybridized carbons (Fsp3) is 0.300. The van der Waals surface area contributed by atoms with E-state index in [0.29, 0.717) is 12.1 Å². The maximum Gasteiger partial charge on any atom is 0.306 e. The van der Waals surface area contributed by atoms with Crippen LogP contribution in [0, 0.1) is 0 Å². The molecule has 0 spiro atoms. The zero-order valence-electron chi connectivity index (χ0n) is 15.3. The molecule has 0 aliphatic heterocycles. The number of hydrogen-bond donors (Lipinski definition) is 1. The number of nitrogens with one attached hydrogen (secondary N) is 1. The van der Waals surface area contributed by atoms with Crippen LogP contribution in [0.4, 0.5) is 11.4 Å². The third-order valence-corrected chi connectivity index (χ3v) is 3.82. The molecule has 2 aromatic carbocycles. The molecule has 0 saturated heterocycles. The second kappa shape index (κ2) is 9.46. The zero-order chi connectivity index (χ0) is 18.9. The predicted octanol–water partition coefficient (Wildman–Crippen LogP) is 2.88. The van der Waals surface area contributed by atoms with Crippen molar-refractivity contribution in [3.63, 3.8) is 0 Å². The van der Waals surface area contributed by atoms with Gasteiger partial charge in [-0.3, -0.25) is 9.59 Å². The van der Waals surface area contributed by atoms with E-state index in [2.05, 4.69) is 5.32 Å². The number of carbonyl (C=O) groups excluding carboxylic acids is 2. The zero-order valence-corrected chi connectivity index (χ0v) is 15.3. The first kappa shape index (κ1) is 19.3. The van der Waals surface area contributed by atoms with Gasteiger partial charge in [0.25, 0.3) is 5.91 Å². The van der Waals surface area contributed by atoms with Crippen LogP contribution in [0.25, 0.3) is 0 Å². The largest absolute Gasteiger partial charge is 0.496 e. The highest BCUT2D eigenvalue weighted by Gasteiger charge is 2.10. The average Bonchev–Trinajstić information content (AvgIpc) is 2.65. The van der Waals surface area contributed by atoms with Gasteiger partial charge in [0, 0.05) is 31.9 Å². The molecular formula is C20H24N2O4. The van der Waals surface area contributed by atoms with E-state index < -0.39 is 5.97 Å². The van der Waals surface area contributed by atoms with Gasteiger partial charge in [0.2, 0.25) is 0 Å². The highest BCUT2D eigenvalue weighted by Crippen LogP contribution is 2.19. The molecule has 2 rings (SSSR count). The van der Waals surface area contributed by atoms with Gasteiger partial charge >= 0.3 is 5.97 Å². The highest BCUT2D eigenvalue weighted by molar-refractivity contribution is 5.92. The van der Waals surface area contributed by atoms with Gasteiger partial charge in [0.1, 0.15) is 5.75 Å². The molecule has 0 aromatic heterocycles. The fourth-order valence-electron chi connectivity index (χ4n) is 2.40. The van der Waals surface area contributed by atoms with Gasteiger partial charge in [-0.25, -0.2) is 0 Å². The summed E-state index contributed by atoms with van der Waals surface area (Å²) in [5, 5.41) is 2.70. The summed E-state index contributed by atoms with van der Waals surface area (Å²) in [6, 6.07) is 14.9. The Morgan fingerprint density at radius 2 is 1.73 bits per heavy atom. The van der Waals surface area contributed by atoms with Crippen LogP contribution in [0.5, 0.6) is 5.75 Å². The number of amides is 1. The summed E-state index contributed by atoms with van der Waals surface area (Å²) >= 11 is 0. The molecule has 0 atom stereocenters. The number of methoxy groups -OCH3 is 1. The van der Waals surface area contributed by atoms with E-state index in [-0.39, 0.29) is 18.9 Å². The van der Waals surface area contributed by atoms with Crippen molar-refractivity contribution in [2.75, 3.05) is 38.0 Å². The van der Waals surface area contributed by atoms with Crippen LogP contribution in [-0.2, 0) is 20.7 Å². The molecule has 0 radical (unpaired) electrons. The highest BCUT2D eigenvalue weighted by atomic mass is 16.5. The first-order valence-electron chi connectivity index (χ1n) is 8.34. The number of para-hydroxylation sites is 1. The molecule has 0 aliphatic rings. The maximum absolute atomic E-state index is 11.9. The number of carbonyl (C=O) groups is 2. The Morgan fingerprint density at radius 1 is 1.04 bits per heavy atom. The van der Waals surface area contributed by atoms with Crippen molar-refractivity contribution in [1.29, 1.82) is 0 Å². The summed E-state index contributed by atoms with van der Waals surface area (Å²) in [5.41, 5.74) is 2.62. The van der Waals surface area contributed by atoms with Gasteiger partial charge in [-0.05, 0) is 42.3 Å². The van der Waals surface area contributed by atoms with E-state index >= 15 is 0 Å². The van der Waals surface area contributed by atoms with Crippen LogP contribution >= 0.6 is 0 Å². The van der Waals surface area contributed by atoms with E-state index in [4.69, 9.17) is 9.47 Å². The minimum absolute atomic E-state index is 0.186. The van der Waals surface area contributed by atoms with E-state index in [9.17, 15) is 9.59 Å². The summed E-state index contributed by atoms with van der Waals surface area (Å²) in [5.74, 6) is -0.0542. The molecule has 0 saturated carbocycles. The number of hydrogen-bond acceptors (Lipinski definition) is 5. The minimum Gasteiger partial charge on any atom is -0.496 e. The number of anilines is 2. The summed E-state index contributed by atoms with van der Waals surface area (Å²) in [6.07, 6.45) is 0.682. The van der Waals surface area contributed by atoms with E-state index in [0.717, 1.165) is 17.0 Å². The molecule has 6 heteroatoms. The minimum atomic E-state index is -0.422. The number of aryl methyl sites for hydroxylation is 1. The lowest BCUT2D eigenvalue weighted by atomic mass is 10.1. The molecule has 0 unspecified atom stereocenters. The molecule has 1 N–H and O–H groups in total. The van der Waals surface area contributed by atoms with Crippen molar-refractivity contribution in [2.45, 2.75) is 12.8 Å². The Labute approximate surface area is 153 Å². The van der Waals surface area contributed by atoms with Crippen molar-refractivity contribution in [3.05, 3.63) is 54.1 Å².